The Kier molecular flexibility index (Phi) is 16.2. The van der Waals surface area contributed by atoms with Crippen molar-refractivity contribution in [2.75, 3.05) is 19.8 Å². The summed E-state index contributed by atoms with van der Waals surface area (Å²) in [5.74, 6) is -2.84. The van der Waals surface area contributed by atoms with Crippen molar-refractivity contribution < 1.29 is 48.3 Å². The highest BCUT2D eigenvalue weighted by atomic mass is 16.6. The van der Waals surface area contributed by atoms with Gasteiger partial charge in [-0.1, -0.05) is 60.5 Å². The molecule has 10 heteroatoms. The van der Waals surface area contributed by atoms with Crippen LogP contribution in [0.4, 0.5) is 0 Å². The molecule has 0 saturated heterocycles. The fourth-order valence-electron chi connectivity index (χ4n) is 4.62. The maximum atomic E-state index is 12.4. The molecule has 0 aromatic heterocycles. The van der Waals surface area contributed by atoms with Gasteiger partial charge in [0.2, 0.25) is 0 Å². The smallest absolute Gasteiger partial charge is 0.338 e. The predicted molar refractivity (Wildman–Crippen MR) is 161 cm³/mol. The molecule has 0 aliphatic carbocycles. The number of benzene rings is 1. The number of ether oxygens (including phenoxy) is 4. The van der Waals surface area contributed by atoms with Gasteiger partial charge in [-0.3, -0.25) is 4.79 Å². The summed E-state index contributed by atoms with van der Waals surface area (Å²) >= 11 is 0. The maximum Gasteiger partial charge on any atom is 0.338 e. The Bertz CT molecular complexity index is 1070. The van der Waals surface area contributed by atoms with E-state index in [1.165, 1.54) is 24.3 Å². The van der Waals surface area contributed by atoms with Crippen LogP contribution >= 0.6 is 0 Å². The molecular formula is C33H50O10. The molecule has 10 nitrogen and oxygen atoms in total. The van der Waals surface area contributed by atoms with Crippen molar-refractivity contribution in [1.82, 2.24) is 0 Å². The van der Waals surface area contributed by atoms with Gasteiger partial charge in [-0.05, 0) is 62.3 Å². The van der Waals surface area contributed by atoms with Crippen molar-refractivity contribution in [2.45, 2.75) is 111 Å². The van der Waals surface area contributed by atoms with Gasteiger partial charge in [0.25, 0.3) is 0 Å². The molecule has 1 aromatic rings. The number of hydrogen-bond donors (Lipinski definition) is 2. The summed E-state index contributed by atoms with van der Waals surface area (Å²) < 4.78 is 20.8. The number of aliphatic hydroxyl groups is 2. The molecule has 0 amide bonds. The van der Waals surface area contributed by atoms with E-state index in [9.17, 15) is 29.4 Å². The van der Waals surface area contributed by atoms with Crippen LogP contribution in [-0.2, 0) is 28.5 Å². The van der Waals surface area contributed by atoms with Crippen LogP contribution in [0.15, 0.2) is 36.4 Å². The van der Waals surface area contributed by atoms with Crippen LogP contribution in [0, 0.1) is 5.41 Å². The number of rotatable bonds is 20. The van der Waals surface area contributed by atoms with Crippen LogP contribution in [0.2, 0.25) is 0 Å². The van der Waals surface area contributed by atoms with E-state index in [1.54, 1.807) is 0 Å². The van der Waals surface area contributed by atoms with Gasteiger partial charge in [0.05, 0.1) is 23.7 Å². The monoisotopic (exact) mass is 606 g/mol. The number of hydrogen-bond acceptors (Lipinski definition) is 10. The standard InChI is InChI=1S/C33H50O10/c1-8-16-32(6,10-3)19-26(34)20-41-30(38)24-12-14-25(15-13-24)31(39)42-22-27(35)21-40-29(37)23(5)18-28(36)43-33(7,11-4)17-9-2/h12-15,26-27,34-35H,5,8-11,16-22H2,1-4,6-7H3. The SMILES string of the molecule is C=C(CC(=O)OC(C)(CC)CCC)C(=O)OCC(O)COC(=O)c1ccc(C(=O)OCC(O)CC(C)(CC)CCC)cc1. The molecule has 0 saturated carbocycles. The van der Waals surface area contributed by atoms with Crippen LogP contribution in [0.3, 0.4) is 0 Å². The Hall–Kier alpha value is -3.24. The molecule has 1 aromatic carbocycles. The summed E-state index contributed by atoms with van der Waals surface area (Å²) in [5.41, 5.74) is -0.418. The lowest BCUT2D eigenvalue weighted by molar-refractivity contribution is -0.159. The van der Waals surface area contributed by atoms with Crippen molar-refractivity contribution in [2.24, 2.45) is 5.41 Å². The van der Waals surface area contributed by atoms with E-state index in [0.717, 1.165) is 25.7 Å². The molecule has 0 bridgehead atoms. The second-order valence-corrected chi connectivity index (χ2v) is 11.6. The van der Waals surface area contributed by atoms with Gasteiger partial charge in [0, 0.05) is 5.57 Å². The Labute approximate surface area is 255 Å². The van der Waals surface area contributed by atoms with Crippen LogP contribution in [-0.4, -0.2) is 71.7 Å². The Balaban J connectivity index is 2.47. The molecule has 0 fully saturated rings. The van der Waals surface area contributed by atoms with Gasteiger partial charge in [0.15, 0.2) is 0 Å². The molecule has 0 radical (unpaired) electrons. The molecular weight excluding hydrogens is 556 g/mol. The second kappa shape index (κ2) is 18.4. The van der Waals surface area contributed by atoms with E-state index in [1.807, 2.05) is 20.8 Å². The van der Waals surface area contributed by atoms with Gasteiger partial charge in [-0.15, -0.1) is 0 Å². The van der Waals surface area contributed by atoms with Crippen molar-refractivity contribution in [3.05, 3.63) is 47.5 Å². The van der Waals surface area contributed by atoms with Gasteiger partial charge < -0.3 is 29.2 Å². The normalized spacial score (nSPS) is 15.3. The molecule has 43 heavy (non-hydrogen) atoms. The van der Waals surface area contributed by atoms with Gasteiger partial charge in [-0.2, -0.15) is 0 Å². The largest absolute Gasteiger partial charge is 0.459 e. The zero-order valence-corrected chi connectivity index (χ0v) is 26.6. The summed E-state index contributed by atoms with van der Waals surface area (Å²) in [4.78, 5) is 49.1. The van der Waals surface area contributed by atoms with E-state index in [4.69, 9.17) is 18.9 Å². The number of aliphatic hydroxyl groups excluding tert-OH is 2. The topological polar surface area (TPSA) is 146 Å². The lowest BCUT2D eigenvalue weighted by Crippen LogP contribution is -2.31. The zero-order chi connectivity index (χ0) is 32.6. The van der Waals surface area contributed by atoms with Crippen molar-refractivity contribution in [3.63, 3.8) is 0 Å². The average Bonchev–Trinajstić information content (AvgIpc) is 2.97. The summed E-state index contributed by atoms with van der Waals surface area (Å²) in [6.45, 7) is 14.5. The van der Waals surface area contributed by atoms with Crippen LogP contribution in [0.5, 0.6) is 0 Å². The van der Waals surface area contributed by atoms with Crippen molar-refractivity contribution in [3.8, 4) is 0 Å². The number of esters is 4. The average molecular weight is 607 g/mol. The summed E-state index contributed by atoms with van der Waals surface area (Å²) in [6.07, 6.45) is 3.16. The quantitative estimate of drug-likeness (QED) is 0.113. The lowest BCUT2D eigenvalue weighted by atomic mass is 9.78. The third kappa shape index (κ3) is 13.7. The Morgan fingerprint density at radius 1 is 0.767 bits per heavy atom. The first-order valence-electron chi connectivity index (χ1n) is 15.1. The van der Waals surface area contributed by atoms with E-state index in [-0.39, 0.29) is 35.1 Å². The predicted octanol–water partition coefficient (Wildman–Crippen LogP) is 5.33. The highest BCUT2D eigenvalue weighted by Crippen LogP contribution is 2.32. The van der Waals surface area contributed by atoms with E-state index >= 15 is 0 Å². The van der Waals surface area contributed by atoms with Gasteiger partial charge >= 0.3 is 23.9 Å². The van der Waals surface area contributed by atoms with Crippen LogP contribution in [0.25, 0.3) is 0 Å². The van der Waals surface area contributed by atoms with Gasteiger partial charge in [0.1, 0.15) is 31.5 Å². The van der Waals surface area contributed by atoms with E-state index in [2.05, 4.69) is 27.4 Å². The fraction of sp³-hybridized carbons (Fsp3) is 0.636. The molecule has 0 spiro atoms. The van der Waals surface area contributed by atoms with E-state index in [0.29, 0.717) is 19.3 Å². The highest BCUT2D eigenvalue weighted by molar-refractivity contribution is 5.94. The minimum Gasteiger partial charge on any atom is -0.459 e. The van der Waals surface area contributed by atoms with E-state index < -0.39 is 54.9 Å². The van der Waals surface area contributed by atoms with Crippen molar-refractivity contribution in [1.29, 1.82) is 0 Å². The molecule has 0 aliphatic rings. The second-order valence-electron chi connectivity index (χ2n) is 11.6. The van der Waals surface area contributed by atoms with Crippen LogP contribution < -0.4 is 0 Å². The Morgan fingerprint density at radius 3 is 1.72 bits per heavy atom. The highest BCUT2D eigenvalue weighted by Gasteiger charge is 2.28. The maximum absolute atomic E-state index is 12.4. The molecule has 242 valence electrons. The third-order valence-electron chi connectivity index (χ3n) is 7.55. The summed E-state index contributed by atoms with van der Waals surface area (Å²) in [5, 5.41) is 20.4. The molecule has 0 aliphatic heterocycles. The fourth-order valence-corrected chi connectivity index (χ4v) is 4.62. The first-order chi connectivity index (χ1) is 20.2. The Morgan fingerprint density at radius 2 is 1.26 bits per heavy atom. The summed E-state index contributed by atoms with van der Waals surface area (Å²) in [7, 11) is 0. The molecule has 1 rings (SSSR count). The third-order valence-corrected chi connectivity index (χ3v) is 7.55. The molecule has 2 N–H and O–H groups in total. The zero-order valence-electron chi connectivity index (χ0n) is 26.6. The minimum atomic E-state index is -1.31. The van der Waals surface area contributed by atoms with Crippen molar-refractivity contribution >= 4 is 23.9 Å². The van der Waals surface area contributed by atoms with Crippen LogP contribution in [0.1, 0.15) is 114 Å². The first kappa shape index (κ1) is 37.8. The van der Waals surface area contributed by atoms with Gasteiger partial charge in [-0.25, -0.2) is 14.4 Å². The number of carbonyl (C=O) groups excluding carboxylic acids is 4. The number of carbonyl (C=O) groups is 4. The molecule has 4 unspecified atom stereocenters. The molecule has 4 atom stereocenters. The lowest BCUT2D eigenvalue weighted by Gasteiger charge is -2.30. The molecule has 0 heterocycles. The minimum absolute atomic E-state index is 0.0207. The first-order valence-corrected chi connectivity index (χ1v) is 15.1. The summed E-state index contributed by atoms with van der Waals surface area (Å²) in [6, 6.07) is 5.56.